The number of rotatable bonds is 7. The number of aromatic nitrogens is 2. The van der Waals surface area contributed by atoms with Gasteiger partial charge >= 0.3 is 0 Å². The van der Waals surface area contributed by atoms with Gasteiger partial charge in [-0.15, -0.1) is 12.4 Å². The van der Waals surface area contributed by atoms with Gasteiger partial charge in [0.25, 0.3) is 0 Å². The lowest BCUT2D eigenvalue weighted by Gasteiger charge is -2.12. The van der Waals surface area contributed by atoms with Gasteiger partial charge in [-0.3, -0.25) is 0 Å². The molecule has 1 aromatic heterocycles. The maximum Gasteiger partial charge on any atom is 0.242 e. The van der Waals surface area contributed by atoms with Crippen molar-refractivity contribution >= 4 is 33.5 Å². The molecule has 162 valence electrons. The minimum Gasteiger partial charge on any atom is -0.327 e. The Hall–Kier alpha value is -2.26. The number of sulfonamides is 1. The van der Waals surface area contributed by atoms with Crippen LogP contribution in [0.5, 0.6) is 0 Å². The molecule has 2 aromatic carbocycles. The van der Waals surface area contributed by atoms with Crippen LogP contribution < -0.4 is 5.73 Å². The number of para-hydroxylation sites is 1. The number of halogens is 2. The highest BCUT2D eigenvalue weighted by Crippen LogP contribution is 2.31. The summed E-state index contributed by atoms with van der Waals surface area (Å²) in [5, 5.41) is 0. The number of fused-ring (bicyclic) bond motifs is 1. The van der Waals surface area contributed by atoms with Gasteiger partial charge in [-0.25, -0.2) is 22.1 Å². The fourth-order valence-electron chi connectivity index (χ4n) is 3.25. The Morgan fingerprint density at radius 1 is 1.23 bits per heavy atom. The lowest BCUT2D eigenvalue weighted by Crippen LogP contribution is -2.22. The van der Waals surface area contributed by atoms with E-state index in [1.54, 1.807) is 18.2 Å². The Kier molecular flexibility index (Phi) is 7.76. The number of benzene rings is 2. The quantitative estimate of drug-likeness (QED) is 0.592. The van der Waals surface area contributed by atoms with Crippen LogP contribution in [0.4, 0.5) is 4.39 Å². The van der Waals surface area contributed by atoms with Crippen LogP contribution >= 0.6 is 12.4 Å². The van der Waals surface area contributed by atoms with Crippen LogP contribution in [0.2, 0.25) is 0 Å². The molecule has 9 heteroatoms. The fraction of sp³-hybridized carbons (Fsp3) is 0.286. The second-order valence-corrected chi connectivity index (χ2v) is 8.99. The summed E-state index contributed by atoms with van der Waals surface area (Å²) in [4.78, 5) is 4.94. The van der Waals surface area contributed by atoms with Crippen molar-refractivity contribution in [3.63, 3.8) is 0 Å². The number of aryl methyl sites for hydroxylation is 1. The molecule has 0 bridgehead atoms. The van der Waals surface area contributed by atoms with E-state index >= 15 is 0 Å². The maximum absolute atomic E-state index is 14.2. The minimum atomic E-state index is -3.55. The number of nitrogens with zero attached hydrogens (tertiary/aromatic N) is 3. The summed E-state index contributed by atoms with van der Waals surface area (Å²) in [6.07, 6.45) is 1.99. The van der Waals surface area contributed by atoms with Crippen LogP contribution in [0.25, 0.3) is 22.2 Å². The Morgan fingerprint density at radius 3 is 2.57 bits per heavy atom. The smallest absolute Gasteiger partial charge is 0.242 e. The van der Waals surface area contributed by atoms with Crippen molar-refractivity contribution in [3.8, 4) is 11.1 Å². The first-order valence-electron chi connectivity index (χ1n) is 9.35. The zero-order valence-corrected chi connectivity index (χ0v) is 18.8. The van der Waals surface area contributed by atoms with Crippen LogP contribution in [0.1, 0.15) is 12.7 Å². The van der Waals surface area contributed by atoms with E-state index in [0.717, 1.165) is 22.5 Å². The first kappa shape index (κ1) is 24.0. The SMILES string of the molecule is CCc1nc2c(-c3cccc(S(=O)(=O)N(C)C)c3)cccc2n1C/C(F)=C/CN.Cl. The van der Waals surface area contributed by atoms with Gasteiger partial charge in [0, 0.05) is 32.6 Å². The van der Waals surface area contributed by atoms with Crippen molar-refractivity contribution in [2.24, 2.45) is 5.73 Å². The first-order valence-corrected chi connectivity index (χ1v) is 10.8. The van der Waals surface area contributed by atoms with E-state index in [9.17, 15) is 12.8 Å². The molecule has 0 fully saturated rings. The summed E-state index contributed by atoms with van der Waals surface area (Å²) in [7, 11) is -0.549. The van der Waals surface area contributed by atoms with E-state index in [2.05, 4.69) is 0 Å². The predicted octanol–water partition coefficient (Wildman–Crippen LogP) is 3.75. The summed E-state index contributed by atoms with van der Waals surface area (Å²) < 4.78 is 42.2. The third-order valence-corrected chi connectivity index (χ3v) is 6.56. The zero-order chi connectivity index (χ0) is 21.2. The van der Waals surface area contributed by atoms with E-state index in [0.29, 0.717) is 11.9 Å². The van der Waals surface area contributed by atoms with Gasteiger partial charge in [0.15, 0.2) is 0 Å². The van der Waals surface area contributed by atoms with Gasteiger partial charge in [-0.1, -0.05) is 31.2 Å². The van der Waals surface area contributed by atoms with E-state index in [1.165, 1.54) is 24.5 Å². The standard InChI is InChI=1S/C21H25FN4O2S.ClH/c1-4-20-24-21-18(9-6-10-19(21)26(20)14-16(22)11-12-23)15-7-5-8-17(13-15)29(27,28)25(2)3;/h5-11,13H,4,12,14,23H2,1-3H3;1H/b16-11-;. The summed E-state index contributed by atoms with van der Waals surface area (Å²) in [5.74, 6) is 0.441. The van der Waals surface area contributed by atoms with Crippen LogP contribution in [-0.4, -0.2) is 42.9 Å². The molecule has 30 heavy (non-hydrogen) atoms. The fourth-order valence-corrected chi connectivity index (χ4v) is 4.20. The van der Waals surface area contributed by atoms with E-state index < -0.39 is 10.0 Å². The molecule has 0 radical (unpaired) electrons. The summed E-state index contributed by atoms with van der Waals surface area (Å²) in [5.41, 5.74) is 8.46. The Bertz CT molecular complexity index is 1170. The number of hydrogen-bond donors (Lipinski definition) is 1. The molecule has 0 aliphatic heterocycles. The first-order chi connectivity index (χ1) is 13.8. The van der Waals surface area contributed by atoms with E-state index in [1.807, 2.05) is 35.8 Å². The molecule has 0 unspecified atom stereocenters. The molecule has 3 rings (SSSR count). The Balaban J connectivity index is 0.00000320. The molecule has 0 atom stereocenters. The van der Waals surface area contributed by atoms with Gasteiger partial charge in [0.2, 0.25) is 10.0 Å². The van der Waals surface area contributed by atoms with E-state index in [4.69, 9.17) is 10.7 Å². The van der Waals surface area contributed by atoms with Crippen LogP contribution in [0.15, 0.2) is 59.3 Å². The highest BCUT2D eigenvalue weighted by Gasteiger charge is 2.19. The lowest BCUT2D eigenvalue weighted by atomic mass is 10.0. The summed E-state index contributed by atoms with van der Waals surface area (Å²) in [6, 6.07) is 12.4. The Labute approximate surface area is 182 Å². The second kappa shape index (κ2) is 9.70. The van der Waals surface area contributed by atoms with Gasteiger partial charge < -0.3 is 10.3 Å². The third-order valence-electron chi connectivity index (χ3n) is 4.75. The average molecular weight is 453 g/mol. The molecule has 0 amide bonds. The van der Waals surface area contributed by atoms with Crippen LogP contribution in [-0.2, 0) is 23.0 Å². The molecule has 0 aliphatic rings. The average Bonchev–Trinajstić information content (AvgIpc) is 3.05. The molecule has 6 nitrogen and oxygen atoms in total. The molecule has 3 aromatic rings. The van der Waals surface area contributed by atoms with Crippen molar-refractivity contribution in [1.82, 2.24) is 13.9 Å². The molecule has 0 spiro atoms. The topological polar surface area (TPSA) is 81.2 Å². The minimum absolute atomic E-state index is 0. The number of imidazole rings is 1. The van der Waals surface area contributed by atoms with Crippen molar-refractivity contribution in [2.75, 3.05) is 20.6 Å². The second-order valence-electron chi connectivity index (χ2n) is 6.84. The van der Waals surface area contributed by atoms with Crippen molar-refractivity contribution in [3.05, 3.63) is 60.2 Å². The van der Waals surface area contributed by atoms with E-state index in [-0.39, 0.29) is 36.2 Å². The summed E-state index contributed by atoms with van der Waals surface area (Å²) in [6.45, 7) is 2.17. The number of hydrogen-bond acceptors (Lipinski definition) is 4. The van der Waals surface area contributed by atoms with Gasteiger partial charge in [-0.05, 0) is 29.8 Å². The monoisotopic (exact) mass is 452 g/mol. The van der Waals surface area contributed by atoms with Crippen LogP contribution in [0, 0.1) is 0 Å². The Morgan fingerprint density at radius 2 is 1.93 bits per heavy atom. The van der Waals surface area contributed by atoms with Gasteiger partial charge in [0.1, 0.15) is 11.7 Å². The van der Waals surface area contributed by atoms with Crippen molar-refractivity contribution in [1.29, 1.82) is 0 Å². The maximum atomic E-state index is 14.2. The largest absolute Gasteiger partial charge is 0.327 e. The predicted molar refractivity (Wildman–Crippen MR) is 121 cm³/mol. The molecule has 0 saturated heterocycles. The van der Waals surface area contributed by atoms with Crippen molar-refractivity contribution < 1.29 is 12.8 Å². The lowest BCUT2D eigenvalue weighted by molar-refractivity contribution is 0.521. The molecule has 0 saturated carbocycles. The number of nitrogens with two attached hydrogens (primary N) is 1. The number of allylic oxidation sites excluding steroid dienone is 1. The molecule has 2 N–H and O–H groups in total. The highest BCUT2D eigenvalue weighted by molar-refractivity contribution is 7.89. The normalized spacial score (nSPS) is 12.4. The van der Waals surface area contributed by atoms with Gasteiger partial charge in [0.05, 0.1) is 22.5 Å². The highest BCUT2D eigenvalue weighted by atomic mass is 35.5. The van der Waals surface area contributed by atoms with Crippen molar-refractivity contribution in [2.45, 2.75) is 24.8 Å². The molecular formula is C21H26ClFN4O2S. The third kappa shape index (κ3) is 4.57. The zero-order valence-electron chi connectivity index (χ0n) is 17.2. The molecule has 1 heterocycles. The molecular weight excluding hydrogens is 427 g/mol. The molecule has 0 aliphatic carbocycles. The summed E-state index contributed by atoms with van der Waals surface area (Å²) >= 11 is 0. The van der Waals surface area contributed by atoms with Gasteiger partial charge in [-0.2, -0.15) is 0 Å². The van der Waals surface area contributed by atoms with Crippen LogP contribution in [0.3, 0.4) is 0 Å².